The lowest BCUT2D eigenvalue weighted by Gasteiger charge is -2.31. The molecule has 0 aromatic heterocycles. The first-order valence-electron chi connectivity index (χ1n) is 7.00. The van der Waals surface area contributed by atoms with Gasteiger partial charge in [0.25, 0.3) is 0 Å². The third kappa shape index (κ3) is 2.27. The molecular weight excluding hydrogens is 272 g/mol. The fourth-order valence-corrected chi connectivity index (χ4v) is 2.87. The van der Waals surface area contributed by atoms with Gasteiger partial charge in [0.2, 0.25) is 17.2 Å². The fraction of sp³-hybridized carbons (Fsp3) is 0.438. The molecule has 1 unspecified atom stereocenters. The summed E-state index contributed by atoms with van der Waals surface area (Å²) in [5, 5.41) is 8.91. The van der Waals surface area contributed by atoms with Crippen LogP contribution in [0.2, 0.25) is 0 Å². The van der Waals surface area contributed by atoms with E-state index in [1.165, 1.54) is 0 Å². The van der Waals surface area contributed by atoms with Crippen LogP contribution in [-0.2, 0) is 9.53 Å². The highest BCUT2D eigenvalue weighted by molar-refractivity contribution is 6.32. The van der Waals surface area contributed by atoms with Crippen molar-refractivity contribution in [1.82, 2.24) is 0 Å². The van der Waals surface area contributed by atoms with Gasteiger partial charge in [0, 0.05) is 17.0 Å². The summed E-state index contributed by atoms with van der Waals surface area (Å²) >= 11 is 0. The van der Waals surface area contributed by atoms with E-state index in [1.54, 1.807) is 31.2 Å². The second kappa shape index (κ2) is 5.77. The van der Waals surface area contributed by atoms with Gasteiger partial charge < -0.3 is 9.84 Å². The van der Waals surface area contributed by atoms with Crippen LogP contribution in [0.25, 0.3) is 0 Å². The minimum atomic E-state index is -1.83. The van der Waals surface area contributed by atoms with Crippen LogP contribution >= 0.6 is 0 Å². The molecule has 0 fully saturated rings. The molecule has 1 atom stereocenters. The molecule has 0 aliphatic heterocycles. The lowest BCUT2D eigenvalue weighted by Crippen LogP contribution is -2.51. The maximum Gasteiger partial charge on any atom is 0.333 e. The van der Waals surface area contributed by atoms with Crippen molar-refractivity contribution in [2.24, 2.45) is 5.92 Å². The zero-order valence-electron chi connectivity index (χ0n) is 12.1. The first-order chi connectivity index (χ1) is 9.98. The summed E-state index contributed by atoms with van der Waals surface area (Å²) in [6.07, 6.45) is 1.31. The van der Waals surface area contributed by atoms with Gasteiger partial charge in [-0.25, -0.2) is 4.79 Å². The van der Waals surface area contributed by atoms with E-state index in [9.17, 15) is 14.4 Å². The maximum atomic E-state index is 12.7. The summed E-state index contributed by atoms with van der Waals surface area (Å²) < 4.78 is 5.18. The molecule has 0 saturated carbocycles. The highest BCUT2D eigenvalue weighted by Crippen LogP contribution is 2.40. The quantitative estimate of drug-likeness (QED) is 0.660. The van der Waals surface area contributed by atoms with Crippen LogP contribution in [-0.4, -0.2) is 34.9 Å². The number of ketones is 2. The molecule has 1 aliphatic rings. The molecule has 1 aliphatic carbocycles. The highest BCUT2D eigenvalue weighted by atomic mass is 16.6. The molecule has 112 valence electrons. The van der Waals surface area contributed by atoms with Crippen LogP contribution < -0.4 is 0 Å². The largest absolute Gasteiger partial charge is 0.440 e. The zero-order chi connectivity index (χ0) is 15.6. The van der Waals surface area contributed by atoms with Gasteiger partial charge in [-0.15, -0.1) is 0 Å². The van der Waals surface area contributed by atoms with Crippen LogP contribution in [0.3, 0.4) is 0 Å². The number of benzene rings is 1. The van der Waals surface area contributed by atoms with Crippen molar-refractivity contribution in [3.05, 3.63) is 35.4 Å². The molecule has 0 amide bonds. The Kier molecular flexibility index (Phi) is 4.23. The zero-order valence-corrected chi connectivity index (χ0v) is 12.1. The van der Waals surface area contributed by atoms with E-state index in [-0.39, 0.29) is 11.1 Å². The Balaban J connectivity index is 2.54. The maximum absolute atomic E-state index is 12.7. The summed E-state index contributed by atoms with van der Waals surface area (Å²) in [5.41, 5.74) is -1.29. The number of fused-ring (bicyclic) bond motifs is 1. The number of hydrogen-bond donors (Lipinski definition) is 1. The van der Waals surface area contributed by atoms with Crippen LogP contribution in [0.5, 0.6) is 0 Å². The summed E-state index contributed by atoms with van der Waals surface area (Å²) in [5.74, 6) is -2.41. The normalized spacial score (nSPS) is 17.5. The molecule has 0 radical (unpaired) electrons. The Labute approximate surface area is 122 Å². The fourth-order valence-electron chi connectivity index (χ4n) is 2.87. The number of Topliss-reactive ketones (excluding diaryl/α,β-unsaturated/α-hetero) is 2. The summed E-state index contributed by atoms with van der Waals surface area (Å²) in [6, 6.07) is 6.45. The number of rotatable bonds is 5. The molecule has 0 saturated heterocycles. The molecule has 0 heterocycles. The first kappa shape index (κ1) is 15.4. The first-order valence-corrected chi connectivity index (χ1v) is 7.00. The molecule has 21 heavy (non-hydrogen) atoms. The molecule has 1 aromatic rings. The van der Waals surface area contributed by atoms with Crippen LogP contribution in [0.4, 0.5) is 0 Å². The van der Waals surface area contributed by atoms with Gasteiger partial charge in [-0.2, -0.15) is 0 Å². The van der Waals surface area contributed by atoms with E-state index in [0.29, 0.717) is 6.42 Å². The topological polar surface area (TPSA) is 80.7 Å². The van der Waals surface area contributed by atoms with Crippen LogP contribution in [0, 0.1) is 5.92 Å². The van der Waals surface area contributed by atoms with Crippen molar-refractivity contribution in [2.75, 3.05) is 6.61 Å². The summed E-state index contributed by atoms with van der Waals surface area (Å²) in [6.45, 7) is 2.78. The smallest absolute Gasteiger partial charge is 0.333 e. The molecule has 1 N–H and O–H groups in total. The number of carbonyl (C=O) groups excluding carboxylic acids is 3. The van der Waals surface area contributed by atoms with E-state index >= 15 is 0 Å². The highest BCUT2D eigenvalue weighted by Gasteiger charge is 2.59. The monoisotopic (exact) mass is 290 g/mol. The summed E-state index contributed by atoms with van der Waals surface area (Å²) in [7, 11) is 0. The lowest BCUT2D eigenvalue weighted by atomic mass is 9.81. The van der Waals surface area contributed by atoms with Crippen LogP contribution in [0.15, 0.2) is 24.3 Å². The Morgan fingerprint density at radius 1 is 1.24 bits per heavy atom. The van der Waals surface area contributed by atoms with Crippen molar-refractivity contribution >= 4 is 17.5 Å². The molecule has 0 spiro atoms. The van der Waals surface area contributed by atoms with Crippen molar-refractivity contribution in [3.63, 3.8) is 0 Å². The Hall–Kier alpha value is -2.01. The SMILES string of the molecule is CCCC(C)C1(OC(=O)CO)C(=O)c2ccccc2C1=O. The van der Waals surface area contributed by atoms with Crippen molar-refractivity contribution < 1.29 is 24.2 Å². The number of aliphatic hydroxyl groups is 1. The van der Waals surface area contributed by atoms with E-state index in [4.69, 9.17) is 9.84 Å². The molecule has 5 heteroatoms. The minimum Gasteiger partial charge on any atom is -0.440 e. The van der Waals surface area contributed by atoms with E-state index in [0.717, 1.165) is 6.42 Å². The van der Waals surface area contributed by atoms with Gasteiger partial charge in [-0.05, 0) is 6.42 Å². The van der Waals surface area contributed by atoms with Gasteiger partial charge in [0.15, 0.2) is 0 Å². The van der Waals surface area contributed by atoms with Gasteiger partial charge in [-0.1, -0.05) is 44.5 Å². The predicted molar refractivity (Wildman–Crippen MR) is 75.1 cm³/mol. The molecule has 0 bridgehead atoms. The van der Waals surface area contributed by atoms with E-state index in [1.807, 2.05) is 6.92 Å². The third-order valence-electron chi connectivity index (χ3n) is 3.91. The number of esters is 1. The molecule has 2 rings (SSSR count). The van der Waals surface area contributed by atoms with Gasteiger partial charge in [0.05, 0.1) is 0 Å². The van der Waals surface area contributed by atoms with Crippen LogP contribution in [0.1, 0.15) is 47.4 Å². The average molecular weight is 290 g/mol. The molecule has 1 aromatic carbocycles. The molecule has 5 nitrogen and oxygen atoms in total. The van der Waals surface area contributed by atoms with Crippen molar-refractivity contribution in [1.29, 1.82) is 0 Å². The second-order valence-electron chi connectivity index (χ2n) is 5.26. The van der Waals surface area contributed by atoms with Gasteiger partial charge in [-0.3, -0.25) is 9.59 Å². The number of carbonyl (C=O) groups is 3. The predicted octanol–water partition coefficient (Wildman–Crippen LogP) is 1.78. The second-order valence-corrected chi connectivity index (χ2v) is 5.26. The Morgan fingerprint density at radius 3 is 2.19 bits per heavy atom. The third-order valence-corrected chi connectivity index (χ3v) is 3.91. The number of ether oxygens (including phenoxy) is 1. The van der Waals surface area contributed by atoms with E-state index in [2.05, 4.69) is 0 Å². The van der Waals surface area contributed by atoms with Crippen molar-refractivity contribution in [3.8, 4) is 0 Å². The summed E-state index contributed by atoms with van der Waals surface area (Å²) in [4.78, 5) is 37.0. The number of aliphatic hydroxyl groups excluding tert-OH is 1. The van der Waals surface area contributed by atoms with E-state index < -0.39 is 35.7 Å². The van der Waals surface area contributed by atoms with Gasteiger partial charge in [0.1, 0.15) is 6.61 Å². The Bertz CT molecular complexity index is 555. The molecular formula is C16H18O5. The lowest BCUT2D eigenvalue weighted by molar-refractivity contribution is -0.158. The Morgan fingerprint density at radius 2 is 1.76 bits per heavy atom. The average Bonchev–Trinajstić information content (AvgIpc) is 2.71. The van der Waals surface area contributed by atoms with Gasteiger partial charge >= 0.3 is 5.97 Å². The number of hydrogen-bond acceptors (Lipinski definition) is 5. The minimum absolute atomic E-state index is 0.274. The standard InChI is InChI=1S/C16H18O5/c1-3-6-10(2)16(21-13(18)9-17)14(19)11-7-4-5-8-12(11)15(16)20/h4-5,7-8,10,17H,3,6,9H2,1-2H3. The van der Waals surface area contributed by atoms with Crippen molar-refractivity contribution in [2.45, 2.75) is 32.3 Å².